The van der Waals surface area contributed by atoms with Crippen molar-refractivity contribution in [3.63, 3.8) is 0 Å². The molecule has 19 heavy (non-hydrogen) atoms. The van der Waals surface area contributed by atoms with Crippen LogP contribution in [0.25, 0.3) is 0 Å². The first-order valence-electron chi connectivity index (χ1n) is 7.62. The quantitative estimate of drug-likeness (QED) is 0.546. The van der Waals surface area contributed by atoms with Crippen molar-refractivity contribution in [2.75, 3.05) is 8.86 Å². The Labute approximate surface area is 126 Å². The fourth-order valence-electron chi connectivity index (χ4n) is 3.80. The van der Waals surface area contributed by atoms with Crippen molar-refractivity contribution in [2.45, 2.75) is 44.4 Å². The van der Waals surface area contributed by atoms with Gasteiger partial charge in [-0.1, -0.05) is 0 Å². The Hall–Kier alpha value is -0.120. The summed E-state index contributed by atoms with van der Waals surface area (Å²) in [6, 6.07) is 7.22. The van der Waals surface area contributed by atoms with Gasteiger partial charge >= 0.3 is 126 Å². The van der Waals surface area contributed by atoms with E-state index >= 15 is 0 Å². The van der Waals surface area contributed by atoms with Crippen LogP contribution in [0.4, 0.5) is 4.39 Å². The van der Waals surface area contributed by atoms with Gasteiger partial charge in [-0.15, -0.1) is 0 Å². The summed E-state index contributed by atoms with van der Waals surface area (Å²) in [5, 5.41) is 0. The Balaban J connectivity index is 1.55. The fourth-order valence-corrected chi connectivity index (χ4v) is 6.82. The van der Waals surface area contributed by atoms with Crippen molar-refractivity contribution in [3.05, 3.63) is 35.6 Å². The zero-order chi connectivity index (χ0) is 13.1. The molecule has 1 saturated heterocycles. The van der Waals surface area contributed by atoms with E-state index in [2.05, 4.69) is 0 Å². The second-order valence-corrected chi connectivity index (χ2v) is 9.30. The van der Waals surface area contributed by atoms with Crippen LogP contribution >= 0.6 is 0 Å². The van der Waals surface area contributed by atoms with E-state index in [4.69, 9.17) is 0 Å². The van der Waals surface area contributed by atoms with Gasteiger partial charge in [-0.2, -0.15) is 0 Å². The molecule has 0 amide bonds. The van der Waals surface area contributed by atoms with Gasteiger partial charge in [0.2, 0.25) is 0 Å². The molecule has 2 heteroatoms. The summed E-state index contributed by atoms with van der Waals surface area (Å²) in [5.41, 5.74) is 1.36. The van der Waals surface area contributed by atoms with E-state index in [-0.39, 0.29) is 5.82 Å². The van der Waals surface area contributed by atoms with E-state index in [0.717, 1.165) is 11.8 Å². The van der Waals surface area contributed by atoms with Gasteiger partial charge in [0, 0.05) is 0 Å². The summed E-state index contributed by atoms with van der Waals surface area (Å²) in [4.78, 5) is 0. The van der Waals surface area contributed by atoms with E-state index < -0.39 is 0 Å². The van der Waals surface area contributed by atoms with Gasteiger partial charge < -0.3 is 0 Å². The third kappa shape index (κ3) is 3.50. The molecule has 0 unspecified atom stereocenters. The summed E-state index contributed by atoms with van der Waals surface area (Å²) < 4.78 is 16.1. The molecule has 1 saturated carbocycles. The number of benzene rings is 1. The summed E-state index contributed by atoms with van der Waals surface area (Å²) in [5.74, 6) is 2.62. The Morgan fingerprint density at radius 3 is 2.00 bits per heavy atom. The minimum atomic E-state index is -0.108. The summed E-state index contributed by atoms with van der Waals surface area (Å²) in [6.07, 6.45) is 8.51. The van der Waals surface area contributed by atoms with Crippen molar-refractivity contribution >= 4 is 0 Å². The molecule has 2 fully saturated rings. The zero-order valence-electron chi connectivity index (χ0n) is 11.5. The number of hydrogen-bond acceptors (Lipinski definition) is 0. The number of halogens is 2. The molecule has 1 aromatic rings. The monoisotopic (exact) mass is 373 g/mol. The van der Waals surface area contributed by atoms with E-state index in [0.29, 0.717) is 27.1 Å². The van der Waals surface area contributed by atoms with Crippen LogP contribution in [0.5, 0.6) is 0 Å². The van der Waals surface area contributed by atoms with Crippen LogP contribution in [0.15, 0.2) is 24.3 Å². The van der Waals surface area contributed by atoms with Crippen molar-refractivity contribution in [1.29, 1.82) is 0 Å². The average molecular weight is 373 g/mol. The molecule has 106 valence electrons. The van der Waals surface area contributed by atoms with Crippen LogP contribution in [0, 0.1) is 17.7 Å². The van der Waals surface area contributed by atoms with Gasteiger partial charge in [-0.25, -0.2) is 0 Å². The standard InChI is InChI=1S/C17H23FI/c18-17-7-5-15(6-8-17)13-1-3-14(4-2-13)16-9-11-19-12-10-16/h5-8,13-14,16H,1-4,9-12H2/q-1. The maximum atomic E-state index is 13.0. The Kier molecular flexibility index (Phi) is 4.78. The van der Waals surface area contributed by atoms with Crippen molar-refractivity contribution < 1.29 is 25.6 Å². The predicted octanol–water partition coefficient (Wildman–Crippen LogP) is 1.60. The summed E-state index contributed by atoms with van der Waals surface area (Å²) in [7, 11) is 0. The Morgan fingerprint density at radius 2 is 1.37 bits per heavy atom. The third-order valence-corrected chi connectivity index (χ3v) is 7.78. The molecule has 1 aromatic carbocycles. The van der Waals surface area contributed by atoms with Crippen LogP contribution < -0.4 is 21.2 Å². The predicted molar refractivity (Wildman–Crippen MR) is 73.6 cm³/mol. The van der Waals surface area contributed by atoms with Crippen molar-refractivity contribution in [2.24, 2.45) is 11.8 Å². The number of alkyl halides is 2. The van der Waals surface area contributed by atoms with Crippen LogP contribution in [0.3, 0.4) is 0 Å². The van der Waals surface area contributed by atoms with Gasteiger partial charge in [-0.05, 0) is 0 Å². The van der Waals surface area contributed by atoms with Gasteiger partial charge in [0.15, 0.2) is 0 Å². The first-order chi connectivity index (χ1) is 9.33. The van der Waals surface area contributed by atoms with Gasteiger partial charge in [0.05, 0.1) is 0 Å². The Bertz CT molecular complexity index is 386. The molecule has 0 aromatic heterocycles. The molecular formula is C17H23FI-. The SMILES string of the molecule is Fc1ccc(C2CCC(C3CC[I-]CC3)CC2)cc1. The maximum absolute atomic E-state index is 13.0. The fraction of sp³-hybridized carbons (Fsp3) is 0.647. The minimum absolute atomic E-state index is 0.108. The van der Waals surface area contributed by atoms with Crippen molar-refractivity contribution in [1.82, 2.24) is 0 Å². The molecule has 0 spiro atoms. The number of rotatable bonds is 2. The third-order valence-electron chi connectivity index (χ3n) is 5.01. The first-order valence-corrected chi connectivity index (χ1v) is 10.7. The van der Waals surface area contributed by atoms with Gasteiger partial charge in [0.25, 0.3) is 0 Å². The zero-order valence-corrected chi connectivity index (χ0v) is 13.6. The normalized spacial score (nSPS) is 29.7. The second-order valence-electron chi connectivity index (χ2n) is 6.07. The molecule has 1 aliphatic carbocycles. The molecule has 0 radical (unpaired) electrons. The molecule has 0 N–H and O–H groups in total. The van der Waals surface area contributed by atoms with Crippen LogP contribution in [0.1, 0.15) is 50.0 Å². The molecule has 0 bridgehead atoms. The van der Waals surface area contributed by atoms with E-state index in [1.165, 1.54) is 44.1 Å². The average Bonchev–Trinajstić information content (AvgIpc) is 2.49. The summed E-state index contributed by atoms with van der Waals surface area (Å²) >= 11 is 0.580. The van der Waals surface area contributed by atoms with Crippen LogP contribution in [0.2, 0.25) is 0 Å². The van der Waals surface area contributed by atoms with Gasteiger partial charge in [-0.3, -0.25) is 0 Å². The molecule has 0 atom stereocenters. The molecule has 1 heterocycles. The van der Waals surface area contributed by atoms with Crippen molar-refractivity contribution in [3.8, 4) is 0 Å². The molecule has 1 aliphatic heterocycles. The first kappa shape index (κ1) is 13.8. The van der Waals surface area contributed by atoms with Gasteiger partial charge in [0.1, 0.15) is 0 Å². The van der Waals surface area contributed by atoms with E-state index in [1.54, 1.807) is 21.0 Å². The van der Waals surface area contributed by atoms with E-state index in [9.17, 15) is 4.39 Å². The topological polar surface area (TPSA) is 0 Å². The van der Waals surface area contributed by atoms with Crippen LogP contribution in [-0.2, 0) is 0 Å². The molecule has 3 rings (SSSR count). The van der Waals surface area contributed by atoms with Crippen LogP contribution in [-0.4, -0.2) is 8.86 Å². The summed E-state index contributed by atoms with van der Waals surface area (Å²) in [6.45, 7) is 0. The second kappa shape index (κ2) is 6.55. The number of hydrogen-bond donors (Lipinski definition) is 0. The van der Waals surface area contributed by atoms with E-state index in [1.807, 2.05) is 12.1 Å². The molecular weight excluding hydrogens is 350 g/mol. The molecule has 2 aliphatic rings. The Morgan fingerprint density at radius 1 is 0.789 bits per heavy atom. The molecule has 0 nitrogen and oxygen atoms in total.